The number of nitrogens with zero attached hydrogens (tertiary/aromatic N) is 2. The van der Waals surface area contributed by atoms with E-state index in [1.807, 2.05) is 17.9 Å². The number of halogens is 1. The molecule has 1 aromatic rings. The fraction of sp³-hybridized carbons (Fsp3) is 0.700. The van der Waals surface area contributed by atoms with Gasteiger partial charge in [-0.1, -0.05) is 0 Å². The number of aromatic nitrogens is 2. The molecule has 1 fully saturated rings. The molecule has 1 aliphatic rings. The maximum atomic E-state index is 6.16. The standard InChI is InChI=1S/C10H15ClN2/c1-8(11)10(3-4-10)5-9-6-12-13(2)7-9/h6-8H,3-5H2,1-2H3. The zero-order chi connectivity index (χ0) is 9.47. The van der Waals surface area contributed by atoms with E-state index in [0.717, 1.165) is 6.42 Å². The van der Waals surface area contributed by atoms with Gasteiger partial charge in [-0.25, -0.2) is 0 Å². The van der Waals surface area contributed by atoms with Gasteiger partial charge >= 0.3 is 0 Å². The van der Waals surface area contributed by atoms with E-state index in [0.29, 0.717) is 5.41 Å². The second-order valence-corrected chi connectivity index (χ2v) is 4.83. The molecule has 72 valence electrons. The first kappa shape index (κ1) is 9.07. The van der Waals surface area contributed by atoms with Crippen molar-refractivity contribution >= 4 is 11.6 Å². The summed E-state index contributed by atoms with van der Waals surface area (Å²) in [6.45, 7) is 2.10. The summed E-state index contributed by atoms with van der Waals surface area (Å²) in [6.07, 6.45) is 7.66. The molecule has 0 amide bonds. The monoisotopic (exact) mass is 198 g/mol. The Morgan fingerprint density at radius 2 is 2.38 bits per heavy atom. The first-order valence-electron chi connectivity index (χ1n) is 4.74. The van der Waals surface area contributed by atoms with Crippen LogP contribution in [0.15, 0.2) is 12.4 Å². The average Bonchev–Trinajstić information content (AvgIpc) is 2.72. The van der Waals surface area contributed by atoms with Crippen LogP contribution in [0.5, 0.6) is 0 Å². The van der Waals surface area contributed by atoms with Gasteiger partial charge in [0.15, 0.2) is 0 Å². The minimum Gasteiger partial charge on any atom is -0.276 e. The molecule has 2 nitrogen and oxygen atoms in total. The number of aryl methyl sites for hydroxylation is 1. The third kappa shape index (κ3) is 1.73. The largest absolute Gasteiger partial charge is 0.276 e. The Balaban J connectivity index is 2.06. The second-order valence-electron chi connectivity index (χ2n) is 4.18. The van der Waals surface area contributed by atoms with E-state index in [-0.39, 0.29) is 5.38 Å². The van der Waals surface area contributed by atoms with Gasteiger partial charge in [-0.05, 0) is 37.2 Å². The summed E-state index contributed by atoms with van der Waals surface area (Å²) >= 11 is 6.16. The molecule has 1 aromatic heterocycles. The highest BCUT2D eigenvalue weighted by atomic mass is 35.5. The quantitative estimate of drug-likeness (QED) is 0.682. The SMILES string of the molecule is CC(Cl)C1(Cc2cnn(C)c2)CC1. The van der Waals surface area contributed by atoms with Gasteiger partial charge in [0.05, 0.1) is 6.20 Å². The number of alkyl halides is 1. The Morgan fingerprint density at radius 3 is 2.77 bits per heavy atom. The fourth-order valence-electron chi connectivity index (χ4n) is 1.85. The van der Waals surface area contributed by atoms with Crippen LogP contribution in [0.1, 0.15) is 25.3 Å². The summed E-state index contributed by atoms with van der Waals surface area (Å²) in [5.74, 6) is 0. The lowest BCUT2D eigenvalue weighted by atomic mass is 9.95. The van der Waals surface area contributed by atoms with E-state index in [2.05, 4.69) is 18.2 Å². The smallest absolute Gasteiger partial charge is 0.0521 e. The van der Waals surface area contributed by atoms with Crippen molar-refractivity contribution < 1.29 is 0 Å². The lowest BCUT2D eigenvalue weighted by Crippen LogP contribution is -2.15. The molecule has 0 N–H and O–H groups in total. The predicted molar refractivity (Wildman–Crippen MR) is 53.9 cm³/mol. The maximum Gasteiger partial charge on any atom is 0.0521 e. The van der Waals surface area contributed by atoms with Crippen LogP contribution >= 0.6 is 11.6 Å². The van der Waals surface area contributed by atoms with Crippen molar-refractivity contribution in [2.75, 3.05) is 0 Å². The molecule has 0 bridgehead atoms. The summed E-state index contributed by atoms with van der Waals surface area (Å²) in [5, 5.41) is 4.45. The summed E-state index contributed by atoms with van der Waals surface area (Å²) in [5.41, 5.74) is 1.69. The molecule has 0 spiro atoms. The Kier molecular flexibility index (Phi) is 2.11. The van der Waals surface area contributed by atoms with Gasteiger partial charge in [-0.3, -0.25) is 4.68 Å². The molecule has 3 heteroatoms. The van der Waals surface area contributed by atoms with Crippen molar-refractivity contribution in [3.05, 3.63) is 18.0 Å². The Morgan fingerprint density at radius 1 is 1.69 bits per heavy atom. The molecule has 0 saturated heterocycles. The number of rotatable bonds is 3. The molecular weight excluding hydrogens is 184 g/mol. The van der Waals surface area contributed by atoms with Crippen LogP contribution in [0.3, 0.4) is 0 Å². The summed E-state index contributed by atoms with van der Waals surface area (Å²) in [7, 11) is 1.95. The van der Waals surface area contributed by atoms with Crippen LogP contribution in [-0.4, -0.2) is 15.2 Å². The third-order valence-electron chi connectivity index (χ3n) is 3.05. The highest BCUT2D eigenvalue weighted by molar-refractivity contribution is 6.21. The van der Waals surface area contributed by atoms with Crippen LogP contribution in [0.2, 0.25) is 0 Å². The zero-order valence-electron chi connectivity index (χ0n) is 8.13. The van der Waals surface area contributed by atoms with Crippen molar-refractivity contribution in [1.29, 1.82) is 0 Å². The van der Waals surface area contributed by atoms with Gasteiger partial charge in [0.1, 0.15) is 0 Å². The van der Waals surface area contributed by atoms with E-state index < -0.39 is 0 Å². The van der Waals surface area contributed by atoms with E-state index in [1.54, 1.807) is 0 Å². The lowest BCUT2D eigenvalue weighted by Gasteiger charge is -2.16. The molecule has 13 heavy (non-hydrogen) atoms. The van der Waals surface area contributed by atoms with E-state index in [4.69, 9.17) is 11.6 Å². The van der Waals surface area contributed by atoms with Crippen LogP contribution in [0, 0.1) is 5.41 Å². The molecule has 1 atom stereocenters. The van der Waals surface area contributed by atoms with Gasteiger partial charge in [0.2, 0.25) is 0 Å². The first-order valence-corrected chi connectivity index (χ1v) is 5.18. The van der Waals surface area contributed by atoms with Gasteiger partial charge < -0.3 is 0 Å². The Hall–Kier alpha value is -0.500. The number of hydrogen-bond acceptors (Lipinski definition) is 1. The van der Waals surface area contributed by atoms with Crippen LogP contribution in [-0.2, 0) is 13.5 Å². The summed E-state index contributed by atoms with van der Waals surface area (Å²) < 4.78 is 1.85. The normalized spacial score (nSPS) is 21.5. The maximum absolute atomic E-state index is 6.16. The number of hydrogen-bond donors (Lipinski definition) is 0. The van der Waals surface area contributed by atoms with Crippen molar-refractivity contribution in [2.45, 2.75) is 31.6 Å². The highest BCUT2D eigenvalue weighted by Gasteiger charge is 2.46. The Bertz CT molecular complexity index is 300. The van der Waals surface area contributed by atoms with Crippen LogP contribution in [0.4, 0.5) is 0 Å². The molecule has 2 rings (SSSR count). The predicted octanol–water partition coefficient (Wildman–Crippen LogP) is 2.37. The molecular formula is C10H15ClN2. The molecule has 0 radical (unpaired) electrons. The lowest BCUT2D eigenvalue weighted by molar-refractivity contribution is 0.496. The average molecular weight is 199 g/mol. The minimum absolute atomic E-state index is 0.285. The minimum atomic E-state index is 0.285. The molecule has 1 saturated carbocycles. The molecule has 1 heterocycles. The topological polar surface area (TPSA) is 17.8 Å². The van der Waals surface area contributed by atoms with E-state index >= 15 is 0 Å². The second kappa shape index (κ2) is 3.02. The molecule has 1 aliphatic carbocycles. The van der Waals surface area contributed by atoms with Crippen LogP contribution in [0.25, 0.3) is 0 Å². The van der Waals surface area contributed by atoms with E-state index in [1.165, 1.54) is 18.4 Å². The van der Waals surface area contributed by atoms with Crippen molar-refractivity contribution in [2.24, 2.45) is 12.5 Å². The van der Waals surface area contributed by atoms with Crippen molar-refractivity contribution in [3.63, 3.8) is 0 Å². The van der Waals surface area contributed by atoms with Gasteiger partial charge in [-0.2, -0.15) is 5.10 Å². The summed E-state index contributed by atoms with van der Waals surface area (Å²) in [4.78, 5) is 0. The van der Waals surface area contributed by atoms with Crippen molar-refractivity contribution in [3.8, 4) is 0 Å². The zero-order valence-corrected chi connectivity index (χ0v) is 8.88. The summed E-state index contributed by atoms with van der Waals surface area (Å²) in [6, 6.07) is 0. The van der Waals surface area contributed by atoms with Crippen molar-refractivity contribution in [1.82, 2.24) is 9.78 Å². The van der Waals surface area contributed by atoms with E-state index in [9.17, 15) is 0 Å². The Labute approximate surface area is 83.9 Å². The fourth-order valence-corrected chi connectivity index (χ4v) is 2.14. The van der Waals surface area contributed by atoms with Gasteiger partial charge in [0.25, 0.3) is 0 Å². The highest BCUT2D eigenvalue weighted by Crippen LogP contribution is 2.53. The molecule has 0 aromatic carbocycles. The first-order chi connectivity index (χ1) is 6.12. The third-order valence-corrected chi connectivity index (χ3v) is 3.51. The molecule has 0 aliphatic heterocycles. The van der Waals surface area contributed by atoms with Gasteiger partial charge in [-0.15, -0.1) is 11.6 Å². The van der Waals surface area contributed by atoms with Crippen LogP contribution < -0.4 is 0 Å². The molecule has 1 unspecified atom stereocenters. The van der Waals surface area contributed by atoms with Gasteiger partial charge in [0, 0.05) is 18.6 Å².